The van der Waals surface area contributed by atoms with Crippen LogP contribution in [0.5, 0.6) is 0 Å². The summed E-state index contributed by atoms with van der Waals surface area (Å²) in [6, 6.07) is 1.35. The summed E-state index contributed by atoms with van der Waals surface area (Å²) in [5, 5.41) is 8.83. The number of rotatable bonds is 3. The first-order valence-electron chi connectivity index (χ1n) is 6.00. The number of hydrogen-bond donors (Lipinski definition) is 1. The van der Waals surface area contributed by atoms with Gasteiger partial charge in [0.25, 0.3) is 0 Å². The van der Waals surface area contributed by atoms with Gasteiger partial charge < -0.3 is 9.52 Å². The van der Waals surface area contributed by atoms with Gasteiger partial charge in [-0.25, -0.2) is 4.79 Å². The number of hydrogen-bond acceptors (Lipinski definition) is 4. The predicted molar refractivity (Wildman–Crippen MR) is 64.3 cm³/mol. The van der Waals surface area contributed by atoms with Gasteiger partial charge in [-0.3, -0.25) is 14.5 Å². The van der Waals surface area contributed by atoms with E-state index >= 15 is 0 Å². The fraction of sp³-hybridized carbons (Fsp3) is 0.462. The van der Waals surface area contributed by atoms with Gasteiger partial charge in [0, 0.05) is 17.4 Å². The minimum Gasteiger partial charge on any atom is -0.475 e. The zero-order valence-corrected chi connectivity index (χ0v) is 11.0. The second-order valence-electron chi connectivity index (χ2n) is 4.84. The van der Waals surface area contributed by atoms with Crippen molar-refractivity contribution in [2.75, 3.05) is 0 Å². The SMILES string of the molecule is Cc1oc(C(=O)O)cc1CN1C(=O)C(C)C(C)C1=O. The molecule has 1 aliphatic heterocycles. The summed E-state index contributed by atoms with van der Waals surface area (Å²) in [6.07, 6.45) is 0. The summed E-state index contributed by atoms with van der Waals surface area (Å²) < 4.78 is 5.06. The Bertz CT molecular complexity index is 539. The molecule has 0 aromatic carbocycles. The maximum Gasteiger partial charge on any atom is 0.371 e. The number of carboxylic acid groups (broad SMARTS) is 1. The Labute approximate surface area is 110 Å². The van der Waals surface area contributed by atoms with Crippen LogP contribution in [0.3, 0.4) is 0 Å². The van der Waals surface area contributed by atoms with Crippen molar-refractivity contribution in [1.82, 2.24) is 4.90 Å². The molecule has 102 valence electrons. The number of aryl methyl sites for hydroxylation is 1. The highest BCUT2D eigenvalue weighted by Gasteiger charge is 2.42. The molecule has 1 aromatic rings. The van der Waals surface area contributed by atoms with Gasteiger partial charge in [0.05, 0.1) is 6.54 Å². The largest absolute Gasteiger partial charge is 0.475 e. The van der Waals surface area contributed by atoms with Crippen LogP contribution >= 0.6 is 0 Å². The van der Waals surface area contributed by atoms with Crippen molar-refractivity contribution >= 4 is 17.8 Å². The Hall–Kier alpha value is -2.11. The normalized spacial score (nSPS) is 23.2. The Morgan fingerprint density at radius 3 is 2.26 bits per heavy atom. The van der Waals surface area contributed by atoms with E-state index in [1.165, 1.54) is 11.0 Å². The van der Waals surface area contributed by atoms with E-state index in [2.05, 4.69) is 0 Å². The van der Waals surface area contributed by atoms with Crippen LogP contribution in [-0.4, -0.2) is 27.8 Å². The lowest BCUT2D eigenvalue weighted by atomic mass is 10.00. The first-order chi connectivity index (χ1) is 8.82. The van der Waals surface area contributed by atoms with Gasteiger partial charge in [-0.15, -0.1) is 0 Å². The van der Waals surface area contributed by atoms with Gasteiger partial charge in [0.1, 0.15) is 5.76 Å². The predicted octanol–water partition coefficient (Wildman–Crippen LogP) is 1.43. The van der Waals surface area contributed by atoms with Crippen molar-refractivity contribution in [3.8, 4) is 0 Å². The zero-order valence-electron chi connectivity index (χ0n) is 11.0. The molecule has 0 spiro atoms. The molecule has 19 heavy (non-hydrogen) atoms. The molecule has 1 fully saturated rings. The van der Waals surface area contributed by atoms with Crippen molar-refractivity contribution in [3.63, 3.8) is 0 Å². The van der Waals surface area contributed by atoms with Crippen molar-refractivity contribution in [1.29, 1.82) is 0 Å². The Morgan fingerprint density at radius 2 is 1.84 bits per heavy atom. The van der Waals surface area contributed by atoms with Gasteiger partial charge in [0.15, 0.2) is 0 Å². The lowest BCUT2D eigenvalue weighted by Gasteiger charge is -2.13. The van der Waals surface area contributed by atoms with Gasteiger partial charge in [-0.1, -0.05) is 13.8 Å². The van der Waals surface area contributed by atoms with E-state index in [-0.39, 0.29) is 36.0 Å². The maximum atomic E-state index is 11.9. The van der Waals surface area contributed by atoms with Crippen LogP contribution in [0, 0.1) is 18.8 Å². The van der Waals surface area contributed by atoms with E-state index in [0.29, 0.717) is 11.3 Å². The molecule has 2 heterocycles. The first-order valence-corrected chi connectivity index (χ1v) is 6.00. The summed E-state index contributed by atoms with van der Waals surface area (Å²) in [4.78, 5) is 35.8. The molecule has 2 atom stereocenters. The molecule has 0 aliphatic carbocycles. The molecule has 0 bridgehead atoms. The lowest BCUT2D eigenvalue weighted by molar-refractivity contribution is -0.140. The number of amides is 2. The van der Waals surface area contributed by atoms with Crippen molar-refractivity contribution in [3.05, 3.63) is 23.2 Å². The van der Waals surface area contributed by atoms with Crippen LogP contribution in [0.4, 0.5) is 0 Å². The summed E-state index contributed by atoms with van der Waals surface area (Å²) in [6.45, 7) is 5.11. The second-order valence-corrected chi connectivity index (χ2v) is 4.84. The molecule has 2 amide bonds. The Morgan fingerprint density at radius 1 is 1.32 bits per heavy atom. The molecule has 2 rings (SSSR count). The molecule has 6 nitrogen and oxygen atoms in total. The van der Waals surface area contributed by atoms with Gasteiger partial charge in [-0.05, 0) is 13.0 Å². The van der Waals surface area contributed by atoms with Gasteiger partial charge >= 0.3 is 5.97 Å². The number of likely N-dealkylation sites (tertiary alicyclic amines) is 1. The molecular weight excluding hydrogens is 250 g/mol. The molecule has 1 aliphatic rings. The highest BCUT2D eigenvalue weighted by atomic mass is 16.4. The van der Waals surface area contributed by atoms with E-state index < -0.39 is 5.97 Å². The number of aromatic carboxylic acids is 1. The van der Waals surface area contributed by atoms with Crippen LogP contribution < -0.4 is 0 Å². The zero-order chi connectivity index (χ0) is 14.3. The van der Waals surface area contributed by atoms with E-state index in [4.69, 9.17) is 9.52 Å². The number of imide groups is 1. The van der Waals surface area contributed by atoms with E-state index in [1.54, 1.807) is 20.8 Å². The lowest BCUT2D eigenvalue weighted by Crippen LogP contribution is -2.30. The number of carbonyl (C=O) groups excluding carboxylic acids is 2. The van der Waals surface area contributed by atoms with Crippen LogP contribution in [0.25, 0.3) is 0 Å². The molecular formula is C13H15NO5. The third kappa shape index (κ3) is 2.14. The second kappa shape index (κ2) is 4.53. The third-order valence-corrected chi connectivity index (χ3v) is 3.62. The summed E-state index contributed by atoms with van der Waals surface area (Å²) >= 11 is 0. The average molecular weight is 265 g/mol. The minimum absolute atomic E-state index is 0.0644. The van der Waals surface area contributed by atoms with Crippen LogP contribution in [-0.2, 0) is 16.1 Å². The molecule has 1 saturated heterocycles. The Kier molecular flexibility index (Phi) is 3.18. The van der Waals surface area contributed by atoms with Crippen molar-refractivity contribution < 1.29 is 23.9 Å². The van der Waals surface area contributed by atoms with Gasteiger partial charge in [-0.2, -0.15) is 0 Å². The quantitative estimate of drug-likeness (QED) is 0.835. The maximum absolute atomic E-state index is 11.9. The van der Waals surface area contributed by atoms with Crippen LogP contribution in [0.1, 0.15) is 35.7 Å². The summed E-state index contributed by atoms with van der Waals surface area (Å²) in [7, 11) is 0. The van der Waals surface area contributed by atoms with Crippen molar-refractivity contribution in [2.45, 2.75) is 27.3 Å². The standard InChI is InChI=1S/C13H15NO5/c1-6-7(2)12(16)14(11(6)15)5-9-4-10(13(17)18)19-8(9)3/h4,6-7H,5H2,1-3H3,(H,17,18). The molecule has 0 saturated carbocycles. The number of carbonyl (C=O) groups is 3. The van der Waals surface area contributed by atoms with Crippen LogP contribution in [0.15, 0.2) is 10.5 Å². The van der Waals surface area contributed by atoms with Crippen LogP contribution in [0.2, 0.25) is 0 Å². The molecule has 1 aromatic heterocycles. The van der Waals surface area contributed by atoms with Crippen molar-refractivity contribution in [2.24, 2.45) is 11.8 Å². The molecule has 6 heteroatoms. The number of carboxylic acids is 1. The molecule has 1 N–H and O–H groups in total. The highest BCUT2D eigenvalue weighted by Crippen LogP contribution is 2.28. The number of furan rings is 1. The highest BCUT2D eigenvalue weighted by molar-refractivity contribution is 6.04. The van der Waals surface area contributed by atoms with E-state index in [0.717, 1.165) is 0 Å². The summed E-state index contributed by atoms with van der Waals surface area (Å²) in [5.41, 5.74) is 0.542. The first kappa shape index (κ1) is 13.3. The van der Waals surface area contributed by atoms with E-state index in [9.17, 15) is 14.4 Å². The third-order valence-electron chi connectivity index (χ3n) is 3.62. The topological polar surface area (TPSA) is 87.8 Å². The molecule has 0 radical (unpaired) electrons. The monoisotopic (exact) mass is 265 g/mol. The Balaban J connectivity index is 2.24. The fourth-order valence-electron chi connectivity index (χ4n) is 2.14. The van der Waals surface area contributed by atoms with Gasteiger partial charge in [0.2, 0.25) is 17.6 Å². The number of nitrogens with zero attached hydrogens (tertiary/aromatic N) is 1. The summed E-state index contributed by atoms with van der Waals surface area (Å²) in [5.74, 6) is -2.07. The molecule has 2 unspecified atom stereocenters. The average Bonchev–Trinajstić information content (AvgIpc) is 2.80. The fourth-order valence-corrected chi connectivity index (χ4v) is 2.14. The smallest absolute Gasteiger partial charge is 0.371 e. The minimum atomic E-state index is -1.17. The van der Waals surface area contributed by atoms with E-state index in [1.807, 2.05) is 0 Å².